The molecular weight excluding hydrogens is 372 g/mol. The first-order valence-electron chi connectivity index (χ1n) is 10.0. The van der Waals surface area contributed by atoms with Gasteiger partial charge in [-0.05, 0) is 35.7 Å². The van der Waals surface area contributed by atoms with Gasteiger partial charge in [-0.1, -0.05) is 31.3 Å². The van der Waals surface area contributed by atoms with Gasteiger partial charge in [-0.2, -0.15) is 0 Å². The van der Waals surface area contributed by atoms with Gasteiger partial charge in [0.2, 0.25) is 0 Å². The van der Waals surface area contributed by atoms with Crippen LogP contribution < -0.4 is 5.32 Å². The van der Waals surface area contributed by atoms with Gasteiger partial charge in [-0.15, -0.1) is 0 Å². The van der Waals surface area contributed by atoms with E-state index in [2.05, 4.69) is 22.3 Å². The summed E-state index contributed by atoms with van der Waals surface area (Å²) in [7, 11) is 0. The van der Waals surface area contributed by atoms with Gasteiger partial charge in [0.25, 0.3) is 5.90 Å². The van der Waals surface area contributed by atoms with Gasteiger partial charge in [0.05, 0.1) is 19.8 Å². The van der Waals surface area contributed by atoms with Gasteiger partial charge in [0, 0.05) is 29.4 Å². The number of hydrogen-bond acceptors (Lipinski definition) is 7. The van der Waals surface area contributed by atoms with E-state index in [-0.39, 0.29) is 18.6 Å². The highest BCUT2D eigenvalue weighted by Gasteiger charge is 2.18. The highest BCUT2D eigenvalue weighted by molar-refractivity contribution is 5.95. The quantitative estimate of drug-likeness (QED) is 0.230. The molecule has 2 aliphatic rings. The predicted molar refractivity (Wildman–Crippen MR) is 110 cm³/mol. The molecule has 1 saturated heterocycles. The SMILES string of the molecule is CCCC(O)C#Cc1ccc2c(c1)CCN/C2=C\C(=N/O)OCC1COCCO1. The lowest BCUT2D eigenvalue weighted by Crippen LogP contribution is -2.33. The van der Waals surface area contributed by atoms with E-state index in [1.54, 1.807) is 6.08 Å². The lowest BCUT2D eigenvalue weighted by atomic mass is 9.95. The van der Waals surface area contributed by atoms with Crippen LogP contribution in [0.15, 0.2) is 29.4 Å². The maximum absolute atomic E-state index is 9.80. The third kappa shape index (κ3) is 6.23. The van der Waals surface area contributed by atoms with Crippen molar-refractivity contribution in [2.45, 2.75) is 38.4 Å². The molecule has 29 heavy (non-hydrogen) atoms. The molecule has 7 nitrogen and oxygen atoms in total. The summed E-state index contributed by atoms with van der Waals surface area (Å²) in [5.41, 5.74) is 3.86. The average molecular weight is 400 g/mol. The van der Waals surface area contributed by atoms with Crippen LogP contribution >= 0.6 is 0 Å². The van der Waals surface area contributed by atoms with Crippen LogP contribution in [-0.2, 0) is 20.6 Å². The molecule has 2 heterocycles. The van der Waals surface area contributed by atoms with Crippen LogP contribution in [0.3, 0.4) is 0 Å². The Hall–Kier alpha value is -2.53. The molecule has 7 heteroatoms. The zero-order valence-electron chi connectivity index (χ0n) is 16.7. The molecule has 0 spiro atoms. The summed E-state index contributed by atoms with van der Waals surface area (Å²) in [5, 5.41) is 25.7. The first kappa shape index (κ1) is 21.2. The van der Waals surface area contributed by atoms with Crippen LogP contribution in [-0.4, -0.2) is 61.4 Å². The van der Waals surface area contributed by atoms with Crippen LogP contribution in [0.5, 0.6) is 0 Å². The topological polar surface area (TPSA) is 92.5 Å². The second-order valence-electron chi connectivity index (χ2n) is 7.00. The highest BCUT2D eigenvalue weighted by atomic mass is 16.6. The van der Waals surface area contributed by atoms with Crippen LogP contribution in [0.1, 0.15) is 36.5 Å². The second kappa shape index (κ2) is 10.9. The minimum Gasteiger partial charge on any atom is -0.473 e. The zero-order chi connectivity index (χ0) is 20.5. The van der Waals surface area contributed by atoms with Gasteiger partial charge >= 0.3 is 0 Å². The average Bonchev–Trinajstić information content (AvgIpc) is 2.76. The molecule has 2 atom stereocenters. The van der Waals surface area contributed by atoms with Crippen molar-refractivity contribution in [3.05, 3.63) is 41.0 Å². The molecule has 0 bridgehead atoms. The molecule has 0 saturated carbocycles. The zero-order valence-corrected chi connectivity index (χ0v) is 16.7. The van der Waals surface area contributed by atoms with Gasteiger partial charge < -0.3 is 29.8 Å². The van der Waals surface area contributed by atoms with Crippen molar-refractivity contribution in [2.75, 3.05) is 33.0 Å². The predicted octanol–water partition coefficient (Wildman–Crippen LogP) is 1.91. The van der Waals surface area contributed by atoms with Gasteiger partial charge in [-0.25, -0.2) is 0 Å². The lowest BCUT2D eigenvalue weighted by molar-refractivity contribution is -0.103. The van der Waals surface area contributed by atoms with E-state index in [1.165, 1.54) is 0 Å². The van der Waals surface area contributed by atoms with Crippen molar-refractivity contribution in [1.29, 1.82) is 0 Å². The van der Waals surface area contributed by atoms with Crippen LogP contribution in [0.4, 0.5) is 0 Å². The van der Waals surface area contributed by atoms with Crippen LogP contribution in [0.25, 0.3) is 5.70 Å². The summed E-state index contributed by atoms with van der Waals surface area (Å²) < 4.78 is 16.5. The second-order valence-corrected chi connectivity index (χ2v) is 7.00. The number of aliphatic hydroxyl groups excluding tert-OH is 1. The Morgan fingerprint density at radius 1 is 1.45 bits per heavy atom. The largest absolute Gasteiger partial charge is 0.473 e. The number of hydrogen-bond donors (Lipinski definition) is 3. The van der Waals surface area contributed by atoms with Crippen molar-refractivity contribution >= 4 is 11.6 Å². The van der Waals surface area contributed by atoms with Gasteiger partial charge in [0.15, 0.2) is 0 Å². The third-order valence-electron chi connectivity index (χ3n) is 4.72. The number of benzene rings is 1. The fraction of sp³-hybridized carbons (Fsp3) is 0.500. The number of rotatable bonds is 5. The van der Waals surface area contributed by atoms with E-state index in [0.29, 0.717) is 26.2 Å². The molecule has 1 fully saturated rings. The van der Waals surface area contributed by atoms with Crippen molar-refractivity contribution in [1.82, 2.24) is 5.32 Å². The summed E-state index contributed by atoms with van der Waals surface area (Å²) in [6.07, 6.45) is 3.35. The minimum atomic E-state index is -0.591. The van der Waals surface area contributed by atoms with E-state index in [0.717, 1.165) is 41.8 Å². The molecule has 0 amide bonds. The van der Waals surface area contributed by atoms with E-state index in [4.69, 9.17) is 14.2 Å². The summed E-state index contributed by atoms with van der Waals surface area (Å²) in [6, 6.07) is 5.95. The monoisotopic (exact) mass is 400 g/mol. The summed E-state index contributed by atoms with van der Waals surface area (Å²) in [4.78, 5) is 0. The molecule has 1 aromatic rings. The highest BCUT2D eigenvalue weighted by Crippen LogP contribution is 2.23. The van der Waals surface area contributed by atoms with Crippen molar-refractivity contribution in [3.8, 4) is 11.8 Å². The number of ether oxygens (including phenoxy) is 3. The molecule has 1 aromatic carbocycles. The summed E-state index contributed by atoms with van der Waals surface area (Å²) in [6.45, 7) is 4.63. The van der Waals surface area contributed by atoms with Gasteiger partial charge in [-0.3, -0.25) is 0 Å². The standard InChI is InChI=1S/C22H28N2O5/c1-2-3-18(25)6-4-16-5-7-20-17(12-16)8-9-23-21(20)13-22(24-26)29-15-19-14-27-10-11-28-19/h5,7,12-13,18-19,23,25-26H,2-3,8-11,14-15H2,1H3/b21-13-,24-22+. The van der Waals surface area contributed by atoms with Crippen molar-refractivity contribution in [2.24, 2.45) is 5.16 Å². The molecule has 0 aromatic heterocycles. The molecule has 2 unspecified atom stereocenters. The molecular formula is C22H28N2O5. The molecule has 0 aliphatic carbocycles. The number of nitrogens with zero attached hydrogens (tertiary/aromatic N) is 1. The first-order chi connectivity index (χ1) is 14.2. The Balaban J connectivity index is 1.70. The summed E-state index contributed by atoms with van der Waals surface area (Å²) in [5.74, 6) is 6.05. The Morgan fingerprint density at radius 2 is 2.34 bits per heavy atom. The fourth-order valence-electron chi connectivity index (χ4n) is 3.24. The normalized spacial score (nSPS) is 21.5. The van der Waals surface area contributed by atoms with Crippen molar-refractivity contribution < 1.29 is 24.5 Å². The van der Waals surface area contributed by atoms with E-state index >= 15 is 0 Å². The van der Waals surface area contributed by atoms with Crippen LogP contribution in [0.2, 0.25) is 0 Å². The summed E-state index contributed by atoms with van der Waals surface area (Å²) >= 11 is 0. The maximum Gasteiger partial charge on any atom is 0.252 e. The molecule has 0 radical (unpaired) electrons. The van der Waals surface area contributed by atoms with E-state index < -0.39 is 6.10 Å². The third-order valence-corrected chi connectivity index (χ3v) is 4.72. The smallest absolute Gasteiger partial charge is 0.252 e. The molecule has 3 N–H and O–H groups in total. The minimum absolute atomic E-state index is 0.112. The van der Waals surface area contributed by atoms with E-state index in [9.17, 15) is 10.3 Å². The first-order valence-corrected chi connectivity index (χ1v) is 10.0. The number of fused-ring (bicyclic) bond motifs is 1. The fourth-order valence-corrected chi connectivity index (χ4v) is 3.24. The Morgan fingerprint density at radius 3 is 3.10 bits per heavy atom. The van der Waals surface area contributed by atoms with Crippen molar-refractivity contribution in [3.63, 3.8) is 0 Å². The Bertz CT molecular complexity index is 803. The number of oxime groups is 1. The maximum atomic E-state index is 9.80. The molecule has 3 rings (SSSR count). The Labute approximate surface area is 171 Å². The van der Waals surface area contributed by atoms with E-state index in [1.807, 2.05) is 25.1 Å². The molecule has 2 aliphatic heterocycles. The van der Waals surface area contributed by atoms with Gasteiger partial charge in [0.1, 0.15) is 18.8 Å². The molecule has 156 valence electrons. The number of aliphatic hydroxyl groups is 1. The lowest BCUT2D eigenvalue weighted by Gasteiger charge is -2.23. The Kier molecular flexibility index (Phi) is 7.94. The van der Waals surface area contributed by atoms with Crippen LogP contribution in [0, 0.1) is 11.8 Å². The number of nitrogens with one attached hydrogen (secondary N) is 1.